The molecule has 0 bridgehead atoms. The maximum absolute atomic E-state index is 13.0. The molecule has 0 fully saturated rings. The van der Waals surface area contributed by atoms with E-state index in [2.05, 4.69) is 12.2 Å². The summed E-state index contributed by atoms with van der Waals surface area (Å²) in [6, 6.07) is 5.11. The van der Waals surface area contributed by atoms with E-state index in [0.29, 0.717) is 33.5 Å². The molecule has 6 nitrogen and oxygen atoms in total. The molecule has 0 saturated heterocycles. The number of hydrogen-bond donors (Lipinski definition) is 1. The quantitative estimate of drug-likeness (QED) is 0.727. The van der Waals surface area contributed by atoms with Gasteiger partial charge in [-0.3, -0.25) is 4.79 Å². The summed E-state index contributed by atoms with van der Waals surface area (Å²) in [7, 11) is 4.37. The van der Waals surface area contributed by atoms with Gasteiger partial charge in [0.05, 0.1) is 32.5 Å². The highest BCUT2D eigenvalue weighted by Gasteiger charge is 2.30. The molecule has 7 heteroatoms. The first-order chi connectivity index (χ1) is 13.5. The lowest BCUT2D eigenvalue weighted by molar-refractivity contribution is 0.0601. The van der Waals surface area contributed by atoms with Crippen LogP contribution < -0.4 is 14.8 Å². The lowest BCUT2D eigenvalue weighted by Gasteiger charge is -2.20. The number of thiophene rings is 1. The van der Waals surface area contributed by atoms with Gasteiger partial charge in [-0.1, -0.05) is 19.4 Å². The van der Waals surface area contributed by atoms with E-state index in [1.165, 1.54) is 32.7 Å². The van der Waals surface area contributed by atoms with Crippen LogP contribution in [0.1, 0.15) is 50.9 Å². The molecule has 1 heterocycles. The van der Waals surface area contributed by atoms with Gasteiger partial charge in [-0.05, 0) is 42.9 Å². The number of ether oxygens (including phenoxy) is 3. The van der Waals surface area contributed by atoms with Crippen molar-refractivity contribution < 1.29 is 23.8 Å². The molecule has 0 spiro atoms. The molecule has 28 heavy (non-hydrogen) atoms. The minimum absolute atomic E-state index is 0.343. The van der Waals surface area contributed by atoms with Gasteiger partial charge in [0.1, 0.15) is 5.00 Å². The number of amides is 1. The Labute approximate surface area is 168 Å². The largest absolute Gasteiger partial charge is 0.493 e. The van der Waals surface area contributed by atoms with Gasteiger partial charge in [0.2, 0.25) is 0 Å². The predicted molar refractivity (Wildman–Crippen MR) is 109 cm³/mol. The number of benzene rings is 1. The van der Waals surface area contributed by atoms with Crippen LogP contribution in [-0.4, -0.2) is 33.2 Å². The third kappa shape index (κ3) is 3.71. The zero-order valence-electron chi connectivity index (χ0n) is 16.6. The minimum atomic E-state index is -0.416. The molecule has 1 amide bonds. The van der Waals surface area contributed by atoms with Crippen LogP contribution in [0.3, 0.4) is 0 Å². The number of para-hydroxylation sites is 1. The third-order valence-electron chi connectivity index (χ3n) is 5.21. The van der Waals surface area contributed by atoms with Crippen LogP contribution in [0.15, 0.2) is 18.2 Å². The lowest BCUT2D eigenvalue weighted by atomic mass is 9.85. The number of carbonyl (C=O) groups is 2. The lowest BCUT2D eigenvalue weighted by Crippen LogP contribution is -2.17. The molecule has 2 aromatic rings. The van der Waals surface area contributed by atoms with Crippen molar-refractivity contribution in [1.29, 1.82) is 0 Å². The van der Waals surface area contributed by atoms with Crippen molar-refractivity contribution in [3.63, 3.8) is 0 Å². The fourth-order valence-electron chi connectivity index (χ4n) is 3.65. The fraction of sp³-hybridized carbons (Fsp3) is 0.429. The Bertz CT molecular complexity index is 889. The first kappa shape index (κ1) is 20.2. The average Bonchev–Trinajstić information content (AvgIpc) is 3.08. The van der Waals surface area contributed by atoms with Gasteiger partial charge in [-0.2, -0.15) is 0 Å². The summed E-state index contributed by atoms with van der Waals surface area (Å²) < 4.78 is 15.6. The first-order valence-corrected chi connectivity index (χ1v) is 10.1. The molecular formula is C21H25NO5S. The van der Waals surface area contributed by atoms with Gasteiger partial charge in [0.25, 0.3) is 5.91 Å². The van der Waals surface area contributed by atoms with Gasteiger partial charge in [-0.15, -0.1) is 11.3 Å². The van der Waals surface area contributed by atoms with Gasteiger partial charge in [0.15, 0.2) is 11.5 Å². The molecule has 1 aromatic carbocycles. The van der Waals surface area contributed by atoms with Crippen molar-refractivity contribution in [3.05, 3.63) is 39.8 Å². The number of fused-ring (bicyclic) bond motifs is 1. The zero-order valence-corrected chi connectivity index (χ0v) is 17.4. The maximum Gasteiger partial charge on any atom is 0.341 e. The molecule has 1 aliphatic carbocycles. The SMILES string of the molecule is CC[C@@H]1CCc2c(sc(NC(=O)c3cccc(OC)c3OC)c2C(=O)OC)C1. The minimum Gasteiger partial charge on any atom is -0.493 e. The molecule has 1 aliphatic rings. The Morgan fingerprint density at radius 1 is 1.21 bits per heavy atom. The van der Waals surface area contributed by atoms with Crippen molar-refractivity contribution >= 4 is 28.2 Å². The van der Waals surface area contributed by atoms with E-state index in [1.54, 1.807) is 18.2 Å². The second kappa shape index (κ2) is 8.65. The summed E-state index contributed by atoms with van der Waals surface area (Å²) in [6.07, 6.45) is 3.90. The van der Waals surface area contributed by atoms with E-state index in [0.717, 1.165) is 36.1 Å². The Morgan fingerprint density at radius 2 is 2.00 bits per heavy atom. The van der Waals surface area contributed by atoms with E-state index < -0.39 is 5.97 Å². The number of esters is 1. The number of anilines is 1. The summed E-state index contributed by atoms with van der Waals surface area (Å²) in [5, 5.41) is 3.43. The number of carbonyl (C=O) groups excluding carboxylic acids is 2. The zero-order chi connectivity index (χ0) is 20.3. The second-order valence-corrected chi connectivity index (χ2v) is 7.82. The molecule has 1 N–H and O–H groups in total. The molecule has 0 unspecified atom stereocenters. The Balaban J connectivity index is 1.97. The molecule has 0 radical (unpaired) electrons. The highest BCUT2D eigenvalue weighted by Crippen LogP contribution is 2.41. The van der Waals surface area contributed by atoms with E-state index in [-0.39, 0.29) is 5.91 Å². The van der Waals surface area contributed by atoms with E-state index >= 15 is 0 Å². The van der Waals surface area contributed by atoms with Gasteiger partial charge in [0, 0.05) is 4.88 Å². The van der Waals surface area contributed by atoms with Crippen molar-refractivity contribution in [2.24, 2.45) is 5.92 Å². The monoisotopic (exact) mass is 403 g/mol. The number of methoxy groups -OCH3 is 3. The summed E-state index contributed by atoms with van der Waals surface area (Å²) in [6.45, 7) is 2.18. The van der Waals surface area contributed by atoms with Gasteiger partial charge in [-0.25, -0.2) is 4.79 Å². The molecule has 0 aliphatic heterocycles. The van der Waals surface area contributed by atoms with Crippen LogP contribution in [0.2, 0.25) is 0 Å². The number of nitrogens with one attached hydrogen (secondary N) is 1. The van der Waals surface area contributed by atoms with E-state index in [9.17, 15) is 9.59 Å². The van der Waals surface area contributed by atoms with Crippen molar-refractivity contribution in [3.8, 4) is 11.5 Å². The van der Waals surface area contributed by atoms with E-state index in [1.807, 2.05) is 0 Å². The molecule has 1 aromatic heterocycles. The smallest absolute Gasteiger partial charge is 0.341 e. The molecule has 1 atom stereocenters. The van der Waals surface area contributed by atoms with Crippen LogP contribution in [-0.2, 0) is 17.6 Å². The molecular weight excluding hydrogens is 378 g/mol. The summed E-state index contributed by atoms with van der Waals surface area (Å²) in [4.78, 5) is 26.6. The van der Waals surface area contributed by atoms with Crippen molar-refractivity contribution in [1.82, 2.24) is 0 Å². The highest BCUT2D eigenvalue weighted by atomic mass is 32.1. The number of rotatable bonds is 6. The van der Waals surface area contributed by atoms with Crippen LogP contribution in [0.4, 0.5) is 5.00 Å². The van der Waals surface area contributed by atoms with Crippen LogP contribution >= 0.6 is 11.3 Å². The normalized spacial score (nSPS) is 15.5. The van der Waals surface area contributed by atoms with E-state index in [4.69, 9.17) is 14.2 Å². The first-order valence-electron chi connectivity index (χ1n) is 9.29. The summed E-state index contributed by atoms with van der Waals surface area (Å²) in [5.41, 5.74) is 1.83. The topological polar surface area (TPSA) is 73.9 Å². The maximum atomic E-state index is 13.0. The summed E-state index contributed by atoms with van der Waals surface area (Å²) in [5.74, 6) is 0.666. The fourth-order valence-corrected chi connectivity index (χ4v) is 4.99. The standard InChI is InChI=1S/C21H25NO5S/c1-5-12-9-10-13-16(11-12)28-20(17(13)21(24)27-4)22-19(23)14-7-6-8-15(25-2)18(14)26-3/h6-8,12H,5,9-11H2,1-4H3,(H,22,23)/t12-/m1/s1. The van der Waals surface area contributed by atoms with Crippen LogP contribution in [0.5, 0.6) is 11.5 Å². The van der Waals surface area contributed by atoms with Gasteiger partial charge < -0.3 is 19.5 Å². The molecule has 0 saturated carbocycles. The third-order valence-corrected chi connectivity index (χ3v) is 6.38. The Hall–Kier alpha value is -2.54. The Morgan fingerprint density at radius 3 is 2.64 bits per heavy atom. The molecule has 150 valence electrons. The van der Waals surface area contributed by atoms with Crippen molar-refractivity contribution in [2.45, 2.75) is 32.6 Å². The predicted octanol–water partition coefficient (Wildman–Crippen LogP) is 4.32. The van der Waals surface area contributed by atoms with Gasteiger partial charge >= 0.3 is 5.97 Å². The molecule has 3 rings (SSSR count). The second-order valence-electron chi connectivity index (χ2n) is 6.71. The Kier molecular flexibility index (Phi) is 6.24. The number of hydrogen-bond acceptors (Lipinski definition) is 6. The highest BCUT2D eigenvalue weighted by molar-refractivity contribution is 7.17. The van der Waals surface area contributed by atoms with Crippen LogP contribution in [0, 0.1) is 5.92 Å². The summed E-state index contributed by atoms with van der Waals surface area (Å²) >= 11 is 1.47. The van der Waals surface area contributed by atoms with Crippen molar-refractivity contribution in [2.75, 3.05) is 26.6 Å². The van der Waals surface area contributed by atoms with Crippen LogP contribution in [0.25, 0.3) is 0 Å². The average molecular weight is 404 g/mol.